The van der Waals surface area contributed by atoms with Gasteiger partial charge < -0.3 is 30.0 Å². The smallest absolute Gasteiger partial charge is 0.408 e. The van der Waals surface area contributed by atoms with E-state index >= 15 is 0 Å². The fourth-order valence-corrected chi connectivity index (χ4v) is 4.37. The number of nitrogens with zero attached hydrogens (tertiary/aromatic N) is 1. The second-order valence-corrected chi connectivity index (χ2v) is 12.4. The first kappa shape index (κ1) is 32.0. The molecular weight excluding hydrogens is 577 g/mol. The Bertz CT molecular complexity index is 1500. The number of hydrogen-bond acceptors (Lipinski definition) is 7. The monoisotopic (exact) mass is 613 g/mol. The van der Waals surface area contributed by atoms with Crippen molar-refractivity contribution in [2.45, 2.75) is 70.8 Å². The van der Waals surface area contributed by atoms with E-state index in [9.17, 15) is 19.1 Å². The third kappa shape index (κ3) is 8.58. The van der Waals surface area contributed by atoms with Gasteiger partial charge in [0.25, 0.3) is 5.91 Å². The molecule has 1 aliphatic rings. The highest BCUT2D eigenvalue weighted by atomic mass is 35.5. The molecule has 1 saturated carbocycles. The number of pyridine rings is 1. The summed E-state index contributed by atoms with van der Waals surface area (Å²) >= 11 is 6.04. The van der Waals surface area contributed by atoms with Gasteiger partial charge in [0.15, 0.2) is 11.5 Å². The lowest BCUT2D eigenvalue weighted by Gasteiger charge is -2.30. The average Bonchev–Trinajstić information content (AvgIpc) is 3.75. The van der Waals surface area contributed by atoms with Crippen molar-refractivity contribution in [2.24, 2.45) is 0 Å². The Morgan fingerprint density at radius 1 is 1.07 bits per heavy atom. The Hall–Kier alpha value is -3.89. The highest BCUT2D eigenvalue weighted by Crippen LogP contribution is 2.34. The predicted molar refractivity (Wildman–Crippen MR) is 161 cm³/mol. The molecule has 1 aliphatic carbocycles. The van der Waals surface area contributed by atoms with Crippen LogP contribution in [0.2, 0.25) is 5.02 Å². The van der Waals surface area contributed by atoms with E-state index in [1.54, 1.807) is 65.0 Å². The van der Waals surface area contributed by atoms with E-state index in [-0.39, 0.29) is 23.4 Å². The number of aliphatic hydroxyl groups is 1. The van der Waals surface area contributed by atoms with Crippen LogP contribution in [0.25, 0.3) is 11.3 Å². The standard InChI is InChI=1S/C32H37ClFN3O6/c1-31(2,3)43-30(40)37-32(4,5)20-15-24(18-7-11-23(34)22(33)13-18)36-25(16-20)26(38)17-35-29(39)19-8-12-27(28(14-19)41-6)42-21-9-10-21/h7-8,11-16,21,26,38H,9-10,17H2,1-6H3,(H,35,39)(H,37,40). The fourth-order valence-electron chi connectivity index (χ4n) is 4.19. The number of ether oxygens (including phenoxy) is 3. The van der Waals surface area contributed by atoms with Crippen LogP contribution in [0.15, 0.2) is 48.5 Å². The number of carbonyl (C=O) groups is 2. The molecule has 0 spiro atoms. The molecule has 1 aromatic heterocycles. The predicted octanol–water partition coefficient (Wildman–Crippen LogP) is 6.31. The van der Waals surface area contributed by atoms with E-state index in [2.05, 4.69) is 15.6 Å². The molecule has 1 atom stereocenters. The van der Waals surface area contributed by atoms with Crippen molar-refractivity contribution in [3.05, 3.63) is 76.2 Å². The topological polar surface area (TPSA) is 119 Å². The SMILES string of the molecule is COc1cc(C(=O)NCC(O)c2cc(C(C)(C)NC(=O)OC(C)(C)C)cc(-c3ccc(F)c(Cl)c3)n2)ccc1OC1CC1. The van der Waals surface area contributed by atoms with Crippen LogP contribution in [-0.4, -0.2) is 47.5 Å². The zero-order chi connectivity index (χ0) is 31.5. The molecule has 9 nitrogen and oxygen atoms in total. The van der Waals surface area contributed by atoms with E-state index < -0.39 is 35.1 Å². The van der Waals surface area contributed by atoms with Gasteiger partial charge in [0.1, 0.15) is 17.5 Å². The second-order valence-electron chi connectivity index (χ2n) is 12.0. The number of hydrogen-bond donors (Lipinski definition) is 3. The number of benzene rings is 2. The van der Waals surface area contributed by atoms with Gasteiger partial charge in [-0.25, -0.2) is 14.2 Å². The number of alkyl carbamates (subject to hydrolysis) is 1. The average molecular weight is 614 g/mol. The molecular formula is C32H37ClFN3O6. The van der Waals surface area contributed by atoms with Gasteiger partial charge in [-0.15, -0.1) is 0 Å². The molecule has 1 fully saturated rings. The molecule has 0 bridgehead atoms. The molecule has 0 aliphatic heterocycles. The summed E-state index contributed by atoms with van der Waals surface area (Å²) in [5.41, 5.74) is 0.344. The second kappa shape index (κ2) is 12.8. The minimum absolute atomic E-state index is 0.0887. The van der Waals surface area contributed by atoms with E-state index in [0.717, 1.165) is 12.8 Å². The number of methoxy groups -OCH3 is 1. The molecule has 2 amide bonds. The molecule has 230 valence electrons. The highest BCUT2D eigenvalue weighted by Gasteiger charge is 2.29. The van der Waals surface area contributed by atoms with E-state index in [1.807, 2.05) is 0 Å². The lowest BCUT2D eigenvalue weighted by molar-refractivity contribution is 0.0470. The summed E-state index contributed by atoms with van der Waals surface area (Å²) in [5.74, 6) is -0.000385. The van der Waals surface area contributed by atoms with Gasteiger partial charge in [0, 0.05) is 17.7 Å². The van der Waals surface area contributed by atoms with Crippen molar-refractivity contribution < 1.29 is 33.3 Å². The molecule has 1 unspecified atom stereocenters. The summed E-state index contributed by atoms with van der Waals surface area (Å²) in [6, 6.07) is 12.4. The van der Waals surface area contributed by atoms with Crippen molar-refractivity contribution in [1.29, 1.82) is 0 Å². The number of aliphatic hydroxyl groups excluding tert-OH is 1. The number of amides is 2. The van der Waals surface area contributed by atoms with Crippen molar-refractivity contribution in [3.8, 4) is 22.8 Å². The maximum Gasteiger partial charge on any atom is 0.408 e. The first-order chi connectivity index (χ1) is 20.1. The van der Waals surface area contributed by atoms with Crippen LogP contribution in [-0.2, 0) is 10.3 Å². The quantitative estimate of drug-likeness (QED) is 0.245. The zero-order valence-corrected chi connectivity index (χ0v) is 25.8. The summed E-state index contributed by atoms with van der Waals surface area (Å²) in [6.45, 7) is 8.67. The van der Waals surface area contributed by atoms with Gasteiger partial charge in [0.2, 0.25) is 0 Å². The number of aromatic nitrogens is 1. The number of carbonyl (C=O) groups excluding carboxylic acids is 2. The molecule has 11 heteroatoms. The lowest BCUT2D eigenvalue weighted by Crippen LogP contribution is -2.44. The van der Waals surface area contributed by atoms with Crippen LogP contribution in [0.1, 0.15) is 75.2 Å². The van der Waals surface area contributed by atoms with Crippen LogP contribution >= 0.6 is 11.6 Å². The van der Waals surface area contributed by atoms with Gasteiger partial charge >= 0.3 is 6.09 Å². The Morgan fingerprint density at radius 2 is 1.79 bits per heavy atom. The van der Waals surface area contributed by atoms with Gasteiger partial charge in [-0.1, -0.05) is 11.6 Å². The summed E-state index contributed by atoms with van der Waals surface area (Å²) in [4.78, 5) is 30.2. The summed E-state index contributed by atoms with van der Waals surface area (Å²) in [7, 11) is 1.50. The summed E-state index contributed by atoms with van der Waals surface area (Å²) in [6.07, 6.45) is 0.298. The van der Waals surface area contributed by atoms with Crippen molar-refractivity contribution >= 4 is 23.6 Å². The largest absolute Gasteiger partial charge is 0.493 e. The normalized spacial score (nSPS) is 14.1. The van der Waals surface area contributed by atoms with Crippen LogP contribution in [0.4, 0.5) is 9.18 Å². The van der Waals surface area contributed by atoms with Crippen molar-refractivity contribution in [3.63, 3.8) is 0 Å². The Labute approximate surface area is 255 Å². The van der Waals surface area contributed by atoms with Gasteiger partial charge in [-0.2, -0.15) is 0 Å². The molecule has 0 saturated heterocycles. The first-order valence-electron chi connectivity index (χ1n) is 13.9. The molecule has 3 N–H and O–H groups in total. The first-order valence-corrected chi connectivity index (χ1v) is 14.3. The van der Waals surface area contributed by atoms with E-state index in [1.165, 1.54) is 25.3 Å². The van der Waals surface area contributed by atoms with Crippen LogP contribution in [0, 0.1) is 5.82 Å². The maximum atomic E-state index is 13.9. The highest BCUT2D eigenvalue weighted by molar-refractivity contribution is 6.31. The van der Waals surface area contributed by atoms with Crippen molar-refractivity contribution in [1.82, 2.24) is 15.6 Å². The number of nitrogens with one attached hydrogen (secondary N) is 2. The van der Waals surface area contributed by atoms with Crippen LogP contribution < -0.4 is 20.1 Å². The molecule has 2 aromatic carbocycles. The lowest BCUT2D eigenvalue weighted by atomic mass is 9.92. The Kier molecular flexibility index (Phi) is 9.51. The van der Waals surface area contributed by atoms with Gasteiger partial charge in [-0.3, -0.25) is 4.79 Å². The summed E-state index contributed by atoms with van der Waals surface area (Å²) < 4.78 is 30.5. The fraction of sp³-hybridized carbons (Fsp3) is 0.406. The Balaban J connectivity index is 1.58. The zero-order valence-electron chi connectivity index (χ0n) is 25.1. The number of rotatable bonds is 10. The van der Waals surface area contributed by atoms with Crippen LogP contribution in [0.5, 0.6) is 11.5 Å². The molecule has 4 rings (SSSR count). The maximum absolute atomic E-state index is 13.9. The molecule has 3 aromatic rings. The minimum Gasteiger partial charge on any atom is -0.493 e. The number of halogens is 2. The third-order valence-corrected chi connectivity index (χ3v) is 6.93. The van der Waals surface area contributed by atoms with E-state index in [0.29, 0.717) is 33.9 Å². The molecule has 1 heterocycles. The van der Waals surface area contributed by atoms with Crippen LogP contribution in [0.3, 0.4) is 0 Å². The molecule has 0 radical (unpaired) electrons. The minimum atomic E-state index is -1.23. The van der Waals surface area contributed by atoms with Crippen molar-refractivity contribution in [2.75, 3.05) is 13.7 Å². The Morgan fingerprint density at radius 3 is 2.42 bits per heavy atom. The third-order valence-electron chi connectivity index (χ3n) is 6.64. The van der Waals surface area contributed by atoms with E-state index in [4.69, 9.17) is 25.8 Å². The van der Waals surface area contributed by atoms with Gasteiger partial charge in [0.05, 0.1) is 35.2 Å². The van der Waals surface area contributed by atoms with Gasteiger partial charge in [-0.05, 0) is 102 Å². The summed E-state index contributed by atoms with van der Waals surface area (Å²) in [5, 5.41) is 16.6. The molecule has 43 heavy (non-hydrogen) atoms.